The minimum atomic E-state index is -0.0859. The number of thiophene rings is 1. The lowest BCUT2D eigenvalue weighted by Gasteiger charge is -2.37. The number of fused-ring (bicyclic) bond motifs is 1. The number of amides is 2. The molecule has 2 aromatic rings. The molecule has 1 aliphatic carbocycles. The van der Waals surface area contributed by atoms with Crippen LogP contribution in [0.4, 0.5) is 0 Å². The first-order chi connectivity index (χ1) is 15.6. The molecule has 1 atom stereocenters. The molecular formula is C27H34N2O2S. The van der Waals surface area contributed by atoms with E-state index in [9.17, 15) is 9.59 Å². The van der Waals surface area contributed by atoms with Gasteiger partial charge in [0.1, 0.15) is 6.54 Å². The van der Waals surface area contributed by atoms with Crippen LogP contribution in [-0.2, 0) is 16.0 Å². The lowest BCUT2D eigenvalue weighted by atomic mass is 9.92. The highest BCUT2D eigenvalue weighted by Gasteiger charge is 2.33. The highest BCUT2D eigenvalue weighted by molar-refractivity contribution is 7.10. The van der Waals surface area contributed by atoms with Crippen LogP contribution >= 0.6 is 11.3 Å². The van der Waals surface area contributed by atoms with E-state index in [0.29, 0.717) is 25.4 Å². The number of rotatable bonds is 8. The summed E-state index contributed by atoms with van der Waals surface area (Å²) >= 11 is 1.77. The van der Waals surface area contributed by atoms with Crippen LogP contribution < -0.4 is 0 Å². The minimum absolute atomic E-state index is 0.0171. The Morgan fingerprint density at radius 1 is 1.19 bits per heavy atom. The van der Waals surface area contributed by atoms with Crippen molar-refractivity contribution in [1.29, 1.82) is 0 Å². The van der Waals surface area contributed by atoms with Gasteiger partial charge in [-0.15, -0.1) is 17.9 Å². The first-order valence-corrected chi connectivity index (χ1v) is 12.8. The van der Waals surface area contributed by atoms with Crippen LogP contribution in [0.3, 0.4) is 0 Å². The number of nitrogens with zero attached hydrogens (tertiary/aromatic N) is 2. The number of hydrogen-bond acceptors (Lipinski definition) is 3. The SMILES string of the molecule is C=CCN(CC(=O)N1CCc2sccc2C1c1ccc(C)cc1)C(=O)CCC1CCCC1. The third-order valence-corrected chi connectivity index (χ3v) is 7.95. The summed E-state index contributed by atoms with van der Waals surface area (Å²) in [6.45, 7) is 7.12. The zero-order valence-corrected chi connectivity index (χ0v) is 19.9. The highest BCUT2D eigenvalue weighted by atomic mass is 32.1. The standard InChI is InChI=1S/C27H34N2O2S/c1-3-16-28(25(30)13-10-21-6-4-5-7-21)19-26(31)29-17-14-24-23(15-18-32-24)27(29)22-11-8-20(2)9-12-22/h3,8-9,11-12,15,18,21,27H,1,4-7,10,13-14,16-17,19H2,2H3. The third-order valence-electron chi connectivity index (χ3n) is 6.95. The average molecular weight is 451 g/mol. The first-order valence-electron chi connectivity index (χ1n) is 11.9. The Hall–Kier alpha value is -2.40. The van der Waals surface area contributed by atoms with E-state index in [1.165, 1.54) is 41.7 Å². The Kier molecular flexibility index (Phi) is 7.46. The van der Waals surface area contributed by atoms with Gasteiger partial charge >= 0.3 is 0 Å². The van der Waals surface area contributed by atoms with Crippen molar-refractivity contribution in [3.63, 3.8) is 0 Å². The molecule has 0 saturated heterocycles. The lowest BCUT2D eigenvalue weighted by molar-refractivity contribution is -0.141. The Bertz CT molecular complexity index is 943. The molecule has 32 heavy (non-hydrogen) atoms. The molecule has 0 N–H and O–H groups in total. The predicted molar refractivity (Wildman–Crippen MR) is 131 cm³/mol. The Balaban J connectivity index is 1.49. The smallest absolute Gasteiger partial charge is 0.243 e. The van der Waals surface area contributed by atoms with E-state index < -0.39 is 0 Å². The molecule has 2 heterocycles. The number of carbonyl (C=O) groups excluding carboxylic acids is 2. The third kappa shape index (κ3) is 5.15. The predicted octanol–water partition coefficient (Wildman–Crippen LogP) is 5.52. The molecule has 1 saturated carbocycles. The van der Waals surface area contributed by atoms with Gasteiger partial charge in [0, 0.05) is 24.4 Å². The molecule has 1 aromatic heterocycles. The zero-order valence-electron chi connectivity index (χ0n) is 19.1. The Morgan fingerprint density at radius 2 is 1.94 bits per heavy atom. The second-order valence-corrected chi connectivity index (χ2v) is 10.2. The molecule has 0 spiro atoms. The van der Waals surface area contributed by atoms with Crippen molar-refractivity contribution in [3.8, 4) is 0 Å². The van der Waals surface area contributed by atoms with Gasteiger partial charge < -0.3 is 9.80 Å². The van der Waals surface area contributed by atoms with E-state index >= 15 is 0 Å². The Morgan fingerprint density at radius 3 is 2.66 bits per heavy atom. The molecule has 5 heteroatoms. The molecule has 0 bridgehead atoms. The van der Waals surface area contributed by atoms with Crippen molar-refractivity contribution in [2.24, 2.45) is 5.92 Å². The van der Waals surface area contributed by atoms with Gasteiger partial charge in [0.05, 0.1) is 6.04 Å². The summed E-state index contributed by atoms with van der Waals surface area (Å²) in [4.78, 5) is 31.5. The van der Waals surface area contributed by atoms with Crippen LogP contribution in [0.5, 0.6) is 0 Å². The monoisotopic (exact) mass is 450 g/mol. The van der Waals surface area contributed by atoms with Gasteiger partial charge in [-0.25, -0.2) is 0 Å². The van der Waals surface area contributed by atoms with Gasteiger partial charge in [-0.3, -0.25) is 9.59 Å². The van der Waals surface area contributed by atoms with Crippen molar-refractivity contribution in [2.75, 3.05) is 19.6 Å². The molecule has 0 radical (unpaired) electrons. The Labute approximate surface area is 195 Å². The second kappa shape index (κ2) is 10.5. The van der Waals surface area contributed by atoms with Crippen LogP contribution in [0.1, 0.15) is 66.1 Å². The van der Waals surface area contributed by atoms with Crippen LogP contribution in [0.25, 0.3) is 0 Å². The van der Waals surface area contributed by atoms with Crippen LogP contribution in [0, 0.1) is 12.8 Å². The van der Waals surface area contributed by atoms with E-state index in [-0.39, 0.29) is 24.4 Å². The van der Waals surface area contributed by atoms with Gasteiger partial charge in [-0.1, -0.05) is 61.6 Å². The van der Waals surface area contributed by atoms with Crippen molar-refractivity contribution >= 4 is 23.2 Å². The van der Waals surface area contributed by atoms with Gasteiger partial charge in [-0.2, -0.15) is 0 Å². The van der Waals surface area contributed by atoms with E-state index in [2.05, 4.69) is 49.2 Å². The van der Waals surface area contributed by atoms with Crippen molar-refractivity contribution in [3.05, 3.63) is 69.9 Å². The van der Waals surface area contributed by atoms with Gasteiger partial charge in [-0.05, 0) is 48.3 Å². The number of hydrogen-bond donors (Lipinski definition) is 0. The highest BCUT2D eigenvalue weighted by Crippen LogP contribution is 2.38. The molecule has 1 aliphatic heterocycles. The number of carbonyl (C=O) groups is 2. The summed E-state index contributed by atoms with van der Waals surface area (Å²) in [6, 6.07) is 10.5. The summed E-state index contributed by atoms with van der Waals surface area (Å²) in [5.41, 5.74) is 3.56. The molecule has 2 aliphatic rings. The summed E-state index contributed by atoms with van der Waals surface area (Å²) in [6.07, 6.45) is 9.12. The molecule has 1 fully saturated rings. The maximum absolute atomic E-state index is 13.5. The van der Waals surface area contributed by atoms with Crippen molar-refractivity contribution < 1.29 is 9.59 Å². The summed E-state index contributed by atoms with van der Waals surface area (Å²) in [5.74, 6) is 0.763. The summed E-state index contributed by atoms with van der Waals surface area (Å²) in [7, 11) is 0. The number of benzene rings is 1. The minimum Gasteiger partial charge on any atom is -0.330 e. The summed E-state index contributed by atoms with van der Waals surface area (Å²) < 4.78 is 0. The maximum atomic E-state index is 13.5. The van der Waals surface area contributed by atoms with E-state index in [1.54, 1.807) is 22.3 Å². The van der Waals surface area contributed by atoms with Gasteiger partial charge in [0.2, 0.25) is 11.8 Å². The number of aryl methyl sites for hydroxylation is 1. The van der Waals surface area contributed by atoms with Gasteiger partial charge in [0.25, 0.3) is 0 Å². The van der Waals surface area contributed by atoms with Crippen molar-refractivity contribution in [2.45, 2.75) is 57.9 Å². The van der Waals surface area contributed by atoms with Crippen LogP contribution in [0.15, 0.2) is 48.4 Å². The lowest BCUT2D eigenvalue weighted by Crippen LogP contribution is -2.46. The van der Waals surface area contributed by atoms with Gasteiger partial charge in [0.15, 0.2) is 0 Å². The molecule has 170 valence electrons. The van der Waals surface area contributed by atoms with Crippen LogP contribution in [0.2, 0.25) is 0 Å². The molecule has 2 amide bonds. The quantitative estimate of drug-likeness (QED) is 0.497. The first kappa shape index (κ1) is 22.8. The topological polar surface area (TPSA) is 40.6 Å². The molecule has 4 nitrogen and oxygen atoms in total. The van der Waals surface area contributed by atoms with E-state index in [1.807, 2.05) is 4.90 Å². The normalized spacial score (nSPS) is 18.4. The van der Waals surface area contributed by atoms with E-state index in [4.69, 9.17) is 0 Å². The zero-order chi connectivity index (χ0) is 22.5. The average Bonchev–Trinajstić information content (AvgIpc) is 3.49. The molecule has 1 unspecified atom stereocenters. The fourth-order valence-electron chi connectivity index (χ4n) is 5.14. The van der Waals surface area contributed by atoms with Crippen molar-refractivity contribution in [1.82, 2.24) is 9.80 Å². The summed E-state index contributed by atoms with van der Waals surface area (Å²) in [5, 5.41) is 2.12. The fourth-order valence-corrected chi connectivity index (χ4v) is 6.05. The molecule has 4 rings (SSSR count). The maximum Gasteiger partial charge on any atom is 0.243 e. The molecule has 1 aromatic carbocycles. The largest absolute Gasteiger partial charge is 0.330 e. The van der Waals surface area contributed by atoms with E-state index in [0.717, 1.165) is 18.4 Å². The fraction of sp³-hybridized carbons (Fsp3) is 0.481. The van der Waals surface area contributed by atoms with Crippen LogP contribution in [-0.4, -0.2) is 41.2 Å². The molecular weight excluding hydrogens is 416 g/mol. The second-order valence-electron chi connectivity index (χ2n) is 9.20.